The number of para-hydroxylation sites is 1. The molecule has 4 heteroatoms. The highest BCUT2D eigenvalue weighted by atomic mass is 16.4. The van der Waals surface area contributed by atoms with E-state index in [1.165, 1.54) is 0 Å². The highest BCUT2D eigenvalue weighted by molar-refractivity contribution is 5.84. The van der Waals surface area contributed by atoms with Crippen molar-refractivity contribution < 1.29 is 9.90 Å². The van der Waals surface area contributed by atoms with Crippen LogP contribution in [-0.2, 0) is 11.2 Å². The Balaban J connectivity index is 2.35. The Morgan fingerprint density at radius 2 is 2.25 bits per heavy atom. The van der Waals surface area contributed by atoms with E-state index in [2.05, 4.69) is 4.98 Å². The summed E-state index contributed by atoms with van der Waals surface area (Å²) in [6, 6.07) is 9.42. The number of nitrogens with zero attached hydrogens (tertiary/aromatic N) is 1. The zero-order valence-electron chi connectivity index (χ0n) is 8.47. The number of benzene rings is 1. The smallest absolute Gasteiger partial charge is 0.321 e. The van der Waals surface area contributed by atoms with E-state index in [1.807, 2.05) is 24.3 Å². The topological polar surface area (TPSA) is 76.9 Å². The van der Waals surface area contributed by atoms with Gasteiger partial charge in [-0.05, 0) is 11.6 Å². The molecule has 0 aliphatic carbocycles. The second kappa shape index (κ2) is 4.07. The van der Waals surface area contributed by atoms with Crippen LogP contribution in [0, 0.1) is 17.2 Å². The summed E-state index contributed by atoms with van der Waals surface area (Å²) in [7, 11) is 0. The van der Waals surface area contributed by atoms with Gasteiger partial charge in [0.1, 0.15) is 5.92 Å². The number of carboxylic acid groups (broad SMARTS) is 1. The van der Waals surface area contributed by atoms with Crippen LogP contribution >= 0.6 is 0 Å². The van der Waals surface area contributed by atoms with Crippen LogP contribution in [0.1, 0.15) is 5.56 Å². The van der Waals surface area contributed by atoms with Crippen LogP contribution in [0.4, 0.5) is 0 Å². The highest BCUT2D eigenvalue weighted by Crippen LogP contribution is 2.20. The largest absolute Gasteiger partial charge is 0.480 e. The van der Waals surface area contributed by atoms with Crippen LogP contribution in [0.5, 0.6) is 0 Å². The van der Waals surface area contributed by atoms with Crippen LogP contribution in [0.3, 0.4) is 0 Å². The second-order valence-electron chi connectivity index (χ2n) is 3.58. The van der Waals surface area contributed by atoms with Crippen molar-refractivity contribution in [1.82, 2.24) is 4.98 Å². The Hall–Kier alpha value is -2.28. The molecule has 0 aliphatic rings. The van der Waals surface area contributed by atoms with Gasteiger partial charge in [-0.3, -0.25) is 4.79 Å². The zero-order valence-corrected chi connectivity index (χ0v) is 8.47. The van der Waals surface area contributed by atoms with Gasteiger partial charge in [-0.1, -0.05) is 18.2 Å². The van der Waals surface area contributed by atoms with E-state index >= 15 is 0 Å². The third-order valence-corrected chi connectivity index (χ3v) is 2.55. The molecule has 0 radical (unpaired) electrons. The normalized spacial score (nSPS) is 12.2. The molecule has 0 saturated heterocycles. The lowest BCUT2D eigenvalue weighted by Crippen LogP contribution is -2.13. The molecule has 1 atom stereocenters. The average Bonchev–Trinajstić information content (AvgIpc) is 2.69. The summed E-state index contributed by atoms with van der Waals surface area (Å²) in [6.07, 6.45) is 1.99. The molecule has 4 nitrogen and oxygen atoms in total. The summed E-state index contributed by atoms with van der Waals surface area (Å²) < 4.78 is 0. The van der Waals surface area contributed by atoms with Gasteiger partial charge in [0.2, 0.25) is 0 Å². The number of aliphatic carboxylic acids is 1. The maximum Gasteiger partial charge on any atom is 0.321 e. The summed E-state index contributed by atoms with van der Waals surface area (Å²) in [6.45, 7) is 0. The standard InChI is InChI=1S/C12H10N2O2/c13-6-8(12(15)16)5-9-7-14-11-4-2-1-3-10(9)11/h1-4,7-8,14H,5H2,(H,15,16). The number of H-pyrrole nitrogens is 1. The Labute approximate surface area is 92.1 Å². The van der Waals surface area contributed by atoms with Crippen molar-refractivity contribution in [2.45, 2.75) is 6.42 Å². The highest BCUT2D eigenvalue weighted by Gasteiger charge is 2.18. The molecule has 16 heavy (non-hydrogen) atoms. The van der Waals surface area contributed by atoms with Gasteiger partial charge >= 0.3 is 5.97 Å². The Morgan fingerprint density at radius 3 is 2.94 bits per heavy atom. The fourth-order valence-corrected chi connectivity index (χ4v) is 1.71. The number of nitrogens with one attached hydrogen (secondary N) is 1. The van der Waals surface area contributed by atoms with E-state index in [-0.39, 0.29) is 6.42 Å². The van der Waals surface area contributed by atoms with Gasteiger partial charge in [-0.15, -0.1) is 0 Å². The van der Waals surface area contributed by atoms with E-state index < -0.39 is 11.9 Å². The van der Waals surface area contributed by atoms with E-state index in [1.54, 1.807) is 12.3 Å². The van der Waals surface area contributed by atoms with Crippen molar-refractivity contribution in [2.75, 3.05) is 0 Å². The summed E-state index contributed by atoms with van der Waals surface area (Å²) >= 11 is 0. The van der Waals surface area contributed by atoms with Crippen molar-refractivity contribution in [3.8, 4) is 6.07 Å². The number of aromatic nitrogens is 1. The van der Waals surface area contributed by atoms with Gasteiger partial charge in [0, 0.05) is 23.5 Å². The molecular formula is C12H10N2O2. The Morgan fingerprint density at radius 1 is 1.50 bits per heavy atom. The Kier molecular flexibility index (Phi) is 2.61. The van der Waals surface area contributed by atoms with Crippen molar-refractivity contribution in [3.63, 3.8) is 0 Å². The third-order valence-electron chi connectivity index (χ3n) is 2.55. The van der Waals surface area contributed by atoms with Crippen LogP contribution in [-0.4, -0.2) is 16.1 Å². The molecule has 0 amide bonds. The van der Waals surface area contributed by atoms with Gasteiger partial charge < -0.3 is 10.1 Å². The fraction of sp³-hybridized carbons (Fsp3) is 0.167. The van der Waals surface area contributed by atoms with Gasteiger partial charge in [-0.25, -0.2) is 0 Å². The minimum atomic E-state index is -1.08. The molecule has 2 N–H and O–H groups in total. The van der Waals surface area contributed by atoms with Gasteiger partial charge in [0.05, 0.1) is 6.07 Å². The predicted octanol–water partition coefficient (Wildman–Crippen LogP) is 1.93. The number of carbonyl (C=O) groups is 1. The quantitative estimate of drug-likeness (QED) is 0.819. The molecule has 0 fully saturated rings. The summed E-state index contributed by atoms with van der Waals surface area (Å²) in [5, 5.41) is 18.5. The van der Waals surface area contributed by atoms with Crippen LogP contribution in [0.15, 0.2) is 30.5 Å². The number of fused-ring (bicyclic) bond motifs is 1. The first-order chi connectivity index (χ1) is 7.72. The van der Waals surface area contributed by atoms with Crippen LogP contribution in [0.2, 0.25) is 0 Å². The number of nitriles is 1. The molecule has 1 unspecified atom stereocenters. The Bertz CT molecular complexity index is 566. The molecule has 1 aromatic carbocycles. The van der Waals surface area contributed by atoms with Crippen molar-refractivity contribution in [2.24, 2.45) is 5.92 Å². The lowest BCUT2D eigenvalue weighted by molar-refractivity contribution is -0.139. The lowest BCUT2D eigenvalue weighted by atomic mass is 10.0. The first-order valence-electron chi connectivity index (χ1n) is 4.90. The maximum absolute atomic E-state index is 10.8. The minimum Gasteiger partial charge on any atom is -0.480 e. The molecular weight excluding hydrogens is 204 g/mol. The zero-order chi connectivity index (χ0) is 11.5. The van der Waals surface area contributed by atoms with Gasteiger partial charge in [-0.2, -0.15) is 5.26 Å². The molecule has 80 valence electrons. The average molecular weight is 214 g/mol. The van der Waals surface area contributed by atoms with Crippen LogP contribution < -0.4 is 0 Å². The van der Waals surface area contributed by atoms with Crippen LogP contribution in [0.25, 0.3) is 10.9 Å². The molecule has 2 rings (SSSR count). The van der Waals surface area contributed by atoms with Crippen molar-refractivity contribution >= 4 is 16.9 Å². The number of aromatic amines is 1. The summed E-state index contributed by atoms with van der Waals surface area (Å²) in [5.41, 5.74) is 1.82. The molecule has 0 aliphatic heterocycles. The van der Waals surface area contributed by atoms with Gasteiger partial charge in [0.15, 0.2) is 0 Å². The van der Waals surface area contributed by atoms with Crippen molar-refractivity contribution in [1.29, 1.82) is 5.26 Å². The second-order valence-corrected chi connectivity index (χ2v) is 3.58. The minimum absolute atomic E-state index is 0.232. The first-order valence-corrected chi connectivity index (χ1v) is 4.90. The molecule has 0 bridgehead atoms. The molecule has 1 heterocycles. The van der Waals surface area contributed by atoms with E-state index in [0.29, 0.717) is 0 Å². The number of hydrogen-bond acceptors (Lipinski definition) is 2. The maximum atomic E-state index is 10.8. The van der Waals surface area contributed by atoms with E-state index in [9.17, 15) is 4.79 Å². The number of rotatable bonds is 3. The molecule has 0 spiro atoms. The van der Waals surface area contributed by atoms with E-state index in [4.69, 9.17) is 10.4 Å². The molecule has 2 aromatic rings. The summed E-state index contributed by atoms with van der Waals surface area (Å²) in [5.74, 6) is -2.06. The van der Waals surface area contributed by atoms with Crippen molar-refractivity contribution in [3.05, 3.63) is 36.0 Å². The summed E-state index contributed by atoms with van der Waals surface area (Å²) in [4.78, 5) is 13.8. The number of carboxylic acids is 1. The SMILES string of the molecule is N#CC(Cc1c[nH]c2ccccc12)C(=O)O. The first kappa shape index (κ1) is 10.2. The lowest BCUT2D eigenvalue weighted by Gasteiger charge is -2.01. The molecule has 0 saturated carbocycles. The molecule has 1 aromatic heterocycles. The predicted molar refractivity (Wildman–Crippen MR) is 58.7 cm³/mol. The van der Waals surface area contributed by atoms with Gasteiger partial charge in [0.25, 0.3) is 0 Å². The monoisotopic (exact) mass is 214 g/mol. The van der Waals surface area contributed by atoms with E-state index in [0.717, 1.165) is 16.5 Å². The number of hydrogen-bond donors (Lipinski definition) is 2. The fourth-order valence-electron chi connectivity index (χ4n) is 1.71. The third kappa shape index (κ3) is 1.75.